The maximum Gasteiger partial charge on any atom is 0.170 e. The van der Waals surface area contributed by atoms with Crippen LogP contribution in [0.5, 0.6) is 5.75 Å². The zero-order chi connectivity index (χ0) is 17.2. The third kappa shape index (κ3) is 3.39. The average molecular weight is 336 g/mol. The van der Waals surface area contributed by atoms with Crippen molar-refractivity contribution in [3.8, 4) is 5.75 Å². The summed E-state index contributed by atoms with van der Waals surface area (Å²) >= 11 is 0. The van der Waals surface area contributed by atoms with Crippen LogP contribution in [0.4, 0.5) is 4.39 Å². The Bertz CT molecular complexity index is 931. The van der Waals surface area contributed by atoms with Crippen molar-refractivity contribution in [1.29, 1.82) is 0 Å². The minimum atomic E-state index is -0.473. The molecule has 0 radical (unpaired) electrons. The zero-order valence-electron chi connectivity index (χ0n) is 13.6. The first-order valence-electron chi connectivity index (χ1n) is 8.22. The molecule has 0 aliphatic carbocycles. The molecule has 25 heavy (non-hydrogen) atoms. The van der Waals surface area contributed by atoms with Crippen LogP contribution in [0.3, 0.4) is 0 Å². The largest absolute Gasteiger partial charge is 0.489 e. The van der Waals surface area contributed by atoms with Gasteiger partial charge in [0.1, 0.15) is 18.2 Å². The summed E-state index contributed by atoms with van der Waals surface area (Å²) in [5.74, 6) is -0.382. The van der Waals surface area contributed by atoms with E-state index in [1.165, 1.54) is 12.1 Å². The van der Waals surface area contributed by atoms with Crippen LogP contribution in [-0.2, 0) is 11.3 Å². The quantitative estimate of drug-likeness (QED) is 0.648. The van der Waals surface area contributed by atoms with Gasteiger partial charge in [0.05, 0.1) is 19.1 Å². The van der Waals surface area contributed by atoms with E-state index in [0.717, 1.165) is 16.3 Å². The Labute approximate surface area is 145 Å². The van der Waals surface area contributed by atoms with Gasteiger partial charge in [-0.25, -0.2) is 4.39 Å². The molecule has 0 unspecified atom stereocenters. The number of carbonyl (C=O) groups is 1. The molecule has 0 atom stereocenters. The molecule has 1 saturated heterocycles. The van der Waals surface area contributed by atoms with Crippen molar-refractivity contribution in [2.24, 2.45) is 5.92 Å². The Hall–Kier alpha value is -2.72. The van der Waals surface area contributed by atoms with Crippen LogP contribution in [0.2, 0.25) is 0 Å². The molecule has 0 spiro atoms. The fourth-order valence-electron chi connectivity index (χ4n) is 2.91. The molecular weight excluding hydrogens is 319 g/mol. The van der Waals surface area contributed by atoms with Gasteiger partial charge in [-0.2, -0.15) is 0 Å². The standard InChI is InChI=1S/C21H17FO3/c22-19-8-17(21(23)18-12-24-13-18)9-20(10-19)25-11-14-5-6-15-3-1-2-4-16(15)7-14/h1-10,18H,11-13H2. The van der Waals surface area contributed by atoms with Crippen molar-refractivity contribution in [3.63, 3.8) is 0 Å². The van der Waals surface area contributed by atoms with Crippen molar-refractivity contribution in [2.45, 2.75) is 6.61 Å². The first-order valence-corrected chi connectivity index (χ1v) is 8.22. The van der Waals surface area contributed by atoms with E-state index in [1.54, 1.807) is 6.07 Å². The maximum atomic E-state index is 13.8. The van der Waals surface area contributed by atoms with E-state index in [0.29, 0.717) is 31.1 Å². The first-order chi connectivity index (χ1) is 12.2. The molecule has 3 aromatic carbocycles. The maximum absolute atomic E-state index is 13.8. The Morgan fingerprint density at radius 1 is 1.04 bits per heavy atom. The molecule has 0 N–H and O–H groups in total. The van der Waals surface area contributed by atoms with Gasteiger partial charge in [0.25, 0.3) is 0 Å². The van der Waals surface area contributed by atoms with Gasteiger partial charge in [-0.05, 0) is 34.5 Å². The summed E-state index contributed by atoms with van der Waals surface area (Å²) in [4.78, 5) is 12.2. The van der Waals surface area contributed by atoms with Gasteiger partial charge in [-0.3, -0.25) is 4.79 Å². The normalized spacial score (nSPS) is 14.3. The van der Waals surface area contributed by atoms with Crippen LogP contribution in [0.25, 0.3) is 10.8 Å². The van der Waals surface area contributed by atoms with Crippen molar-refractivity contribution in [2.75, 3.05) is 13.2 Å². The van der Waals surface area contributed by atoms with E-state index >= 15 is 0 Å². The number of fused-ring (bicyclic) bond motifs is 1. The summed E-state index contributed by atoms with van der Waals surface area (Å²) in [5.41, 5.74) is 1.32. The Morgan fingerprint density at radius 2 is 1.84 bits per heavy atom. The van der Waals surface area contributed by atoms with E-state index < -0.39 is 5.82 Å². The summed E-state index contributed by atoms with van der Waals surface area (Å²) in [7, 11) is 0. The lowest BCUT2D eigenvalue weighted by molar-refractivity contribution is -0.0194. The van der Waals surface area contributed by atoms with Crippen LogP contribution in [0, 0.1) is 11.7 Å². The number of ketones is 1. The molecule has 4 heteroatoms. The van der Waals surface area contributed by atoms with Gasteiger partial charge in [0.15, 0.2) is 5.78 Å². The van der Waals surface area contributed by atoms with Crippen molar-refractivity contribution in [3.05, 3.63) is 77.6 Å². The second-order valence-corrected chi connectivity index (χ2v) is 6.24. The van der Waals surface area contributed by atoms with Crippen LogP contribution in [0.1, 0.15) is 15.9 Å². The Kier molecular flexibility index (Phi) is 4.20. The molecule has 0 amide bonds. The minimum absolute atomic E-state index is 0.0960. The summed E-state index contributed by atoms with van der Waals surface area (Å²) in [6, 6.07) is 18.3. The SMILES string of the molecule is O=C(c1cc(F)cc(OCc2ccc3ccccc3c2)c1)C1COC1. The van der Waals surface area contributed by atoms with Gasteiger partial charge < -0.3 is 9.47 Å². The number of hydrogen-bond acceptors (Lipinski definition) is 3. The molecule has 4 rings (SSSR count). The fraction of sp³-hybridized carbons (Fsp3) is 0.190. The number of benzene rings is 3. The number of Topliss-reactive ketones (excluding diaryl/α,β-unsaturated/α-hetero) is 1. The summed E-state index contributed by atoms with van der Waals surface area (Å²) < 4.78 is 24.6. The van der Waals surface area contributed by atoms with E-state index in [4.69, 9.17) is 9.47 Å². The van der Waals surface area contributed by atoms with Gasteiger partial charge in [-0.15, -0.1) is 0 Å². The van der Waals surface area contributed by atoms with Gasteiger partial charge in [0, 0.05) is 11.6 Å². The molecule has 0 saturated carbocycles. The molecule has 0 bridgehead atoms. The third-order valence-corrected chi connectivity index (χ3v) is 4.38. The summed E-state index contributed by atoms with van der Waals surface area (Å²) in [5, 5.41) is 2.29. The fourth-order valence-corrected chi connectivity index (χ4v) is 2.91. The molecule has 0 aromatic heterocycles. The number of carbonyl (C=O) groups excluding carboxylic acids is 1. The molecule has 3 aromatic rings. The topological polar surface area (TPSA) is 35.5 Å². The number of rotatable bonds is 5. The Balaban J connectivity index is 1.51. The second kappa shape index (κ2) is 6.65. The highest BCUT2D eigenvalue weighted by Crippen LogP contribution is 2.23. The molecule has 1 aliphatic rings. The second-order valence-electron chi connectivity index (χ2n) is 6.24. The third-order valence-electron chi connectivity index (χ3n) is 4.38. The van der Waals surface area contributed by atoms with Crippen LogP contribution in [0.15, 0.2) is 60.7 Å². The van der Waals surface area contributed by atoms with Crippen molar-refractivity contribution >= 4 is 16.6 Å². The monoisotopic (exact) mass is 336 g/mol. The van der Waals surface area contributed by atoms with Gasteiger partial charge in [0.2, 0.25) is 0 Å². The van der Waals surface area contributed by atoms with E-state index in [1.807, 2.05) is 36.4 Å². The van der Waals surface area contributed by atoms with Crippen molar-refractivity contribution < 1.29 is 18.7 Å². The lowest BCUT2D eigenvalue weighted by Gasteiger charge is -2.24. The van der Waals surface area contributed by atoms with Gasteiger partial charge >= 0.3 is 0 Å². The first kappa shape index (κ1) is 15.8. The van der Waals surface area contributed by atoms with E-state index in [2.05, 4.69) is 6.07 Å². The predicted molar refractivity (Wildman–Crippen MR) is 93.3 cm³/mol. The lowest BCUT2D eigenvalue weighted by atomic mass is 9.96. The summed E-state index contributed by atoms with van der Waals surface area (Å²) in [6.45, 7) is 1.12. The van der Waals surface area contributed by atoms with Crippen LogP contribution in [-0.4, -0.2) is 19.0 Å². The molecular formula is C21H17FO3. The highest BCUT2D eigenvalue weighted by atomic mass is 19.1. The van der Waals surface area contributed by atoms with Crippen LogP contribution >= 0.6 is 0 Å². The molecule has 3 nitrogen and oxygen atoms in total. The number of halogens is 1. The zero-order valence-corrected chi connectivity index (χ0v) is 13.6. The van der Waals surface area contributed by atoms with E-state index in [9.17, 15) is 9.18 Å². The summed E-state index contributed by atoms with van der Waals surface area (Å²) in [6.07, 6.45) is 0. The molecule has 1 aliphatic heterocycles. The van der Waals surface area contributed by atoms with Crippen molar-refractivity contribution in [1.82, 2.24) is 0 Å². The minimum Gasteiger partial charge on any atom is -0.489 e. The molecule has 1 fully saturated rings. The number of hydrogen-bond donors (Lipinski definition) is 0. The smallest absolute Gasteiger partial charge is 0.170 e. The highest BCUT2D eigenvalue weighted by Gasteiger charge is 2.28. The van der Waals surface area contributed by atoms with Crippen LogP contribution < -0.4 is 4.74 Å². The molecule has 1 heterocycles. The predicted octanol–water partition coefficient (Wildman–Crippen LogP) is 4.39. The Morgan fingerprint density at radius 3 is 2.60 bits per heavy atom. The number of ether oxygens (including phenoxy) is 2. The van der Waals surface area contributed by atoms with Gasteiger partial charge in [-0.1, -0.05) is 36.4 Å². The van der Waals surface area contributed by atoms with E-state index in [-0.39, 0.29) is 11.7 Å². The molecule has 126 valence electrons. The highest BCUT2D eigenvalue weighted by molar-refractivity contribution is 5.98. The lowest BCUT2D eigenvalue weighted by Crippen LogP contribution is -2.34. The average Bonchev–Trinajstić information content (AvgIpc) is 2.58.